The van der Waals surface area contributed by atoms with E-state index >= 15 is 0 Å². The molecular weight excluding hydrogens is 244 g/mol. The number of ether oxygens (including phenoxy) is 2. The van der Waals surface area contributed by atoms with Gasteiger partial charge in [-0.05, 0) is 18.2 Å². The molecule has 2 heterocycles. The number of pyridine rings is 1. The van der Waals surface area contributed by atoms with Gasteiger partial charge in [0.2, 0.25) is 0 Å². The Morgan fingerprint density at radius 3 is 2.74 bits per heavy atom. The Morgan fingerprint density at radius 2 is 2.00 bits per heavy atom. The summed E-state index contributed by atoms with van der Waals surface area (Å²) in [5.74, 6) is 0.338. The van der Waals surface area contributed by atoms with Gasteiger partial charge < -0.3 is 14.5 Å². The number of hydrogen-bond acceptors (Lipinski definition) is 4. The number of fused-ring (bicyclic) bond motifs is 3. The number of nitrogens with zero attached hydrogens (tertiary/aromatic N) is 1. The minimum absolute atomic E-state index is 0.298. The summed E-state index contributed by atoms with van der Waals surface area (Å²) in [6.45, 7) is 0. The van der Waals surface area contributed by atoms with Gasteiger partial charge in [0.05, 0.1) is 31.4 Å². The summed E-state index contributed by atoms with van der Waals surface area (Å²) in [5, 5.41) is 1.96. The zero-order valence-corrected chi connectivity index (χ0v) is 10.6. The van der Waals surface area contributed by atoms with Crippen molar-refractivity contribution in [3.05, 3.63) is 36.2 Å². The van der Waals surface area contributed by atoms with E-state index in [1.807, 2.05) is 18.2 Å². The lowest BCUT2D eigenvalue weighted by molar-refractivity contribution is 0.0594. The molecule has 0 aliphatic carbocycles. The van der Waals surface area contributed by atoms with Crippen LogP contribution in [-0.2, 0) is 4.74 Å². The third-order valence-corrected chi connectivity index (χ3v) is 3.08. The maximum absolute atomic E-state index is 11.5. The van der Waals surface area contributed by atoms with Crippen molar-refractivity contribution in [2.24, 2.45) is 0 Å². The molecule has 0 unspecified atom stereocenters. The minimum Gasteiger partial charge on any atom is -0.497 e. The molecule has 0 aliphatic heterocycles. The van der Waals surface area contributed by atoms with E-state index in [0.717, 1.165) is 27.6 Å². The summed E-state index contributed by atoms with van der Waals surface area (Å²) in [6.07, 6.45) is 1.63. The molecule has 3 rings (SSSR count). The highest BCUT2D eigenvalue weighted by Crippen LogP contribution is 2.28. The van der Waals surface area contributed by atoms with Crippen molar-refractivity contribution in [2.75, 3.05) is 14.2 Å². The Hall–Kier alpha value is -2.56. The highest BCUT2D eigenvalue weighted by molar-refractivity contribution is 6.08. The van der Waals surface area contributed by atoms with Crippen LogP contribution in [0, 0.1) is 0 Å². The second-order valence-corrected chi connectivity index (χ2v) is 4.14. The first-order valence-electron chi connectivity index (χ1n) is 5.76. The second-order valence-electron chi connectivity index (χ2n) is 4.14. The predicted molar refractivity (Wildman–Crippen MR) is 71.5 cm³/mol. The average Bonchev–Trinajstić information content (AvgIpc) is 2.82. The SMILES string of the molecule is COC(=O)c1cc2c(cn1)[nH]c1cc(OC)ccc12. The lowest BCUT2D eigenvalue weighted by Gasteiger charge is -1.99. The fraction of sp³-hybridized carbons (Fsp3) is 0.143. The van der Waals surface area contributed by atoms with Crippen molar-refractivity contribution < 1.29 is 14.3 Å². The van der Waals surface area contributed by atoms with E-state index in [0.29, 0.717) is 5.69 Å². The van der Waals surface area contributed by atoms with Gasteiger partial charge in [0, 0.05) is 16.8 Å². The van der Waals surface area contributed by atoms with Crippen LogP contribution in [0.3, 0.4) is 0 Å². The zero-order valence-electron chi connectivity index (χ0n) is 10.6. The molecule has 0 radical (unpaired) electrons. The van der Waals surface area contributed by atoms with Crippen molar-refractivity contribution in [3.63, 3.8) is 0 Å². The Morgan fingerprint density at radius 1 is 1.16 bits per heavy atom. The highest BCUT2D eigenvalue weighted by atomic mass is 16.5. The quantitative estimate of drug-likeness (QED) is 0.715. The maximum atomic E-state index is 11.5. The van der Waals surface area contributed by atoms with Crippen LogP contribution in [0.2, 0.25) is 0 Å². The Balaban J connectivity index is 2.26. The standard InChI is InChI=1S/C14H12N2O3/c1-18-8-3-4-9-10-6-12(14(17)19-2)15-7-13(10)16-11(9)5-8/h3-7,16H,1-2H3. The monoisotopic (exact) mass is 256 g/mol. The summed E-state index contributed by atoms with van der Waals surface area (Å²) in [6, 6.07) is 7.47. The third kappa shape index (κ3) is 1.79. The summed E-state index contributed by atoms with van der Waals surface area (Å²) in [5.41, 5.74) is 2.11. The molecule has 0 spiro atoms. The van der Waals surface area contributed by atoms with Crippen LogP contribution in [0.1, 0.15) is 10.5 Å². The van der Waals surface area contributed by atoms with E-state index < -0.39 is 5.97 Å². The number of esters is 1. The van der Waals surface area contributed by atoms with Gasteiger partial charge in [-0.25, -0.2) is 9.78 Å². The number of hydrogen-bond donors (Lipinski definition) is 1. The number of aromatic amines is 1. The average molecular weight is 256 g/mol. The van der Waals surface area contributed by atoms with Gasteiger partial charge in [-0.1, -0.05) is 0 Å². The number of methoxy groups -OCH3 is 2. The highest BCUT2D eigenvalue weighted by Gasteiger charge is 2.11. The first-order valence-corrected chi connectivity index (χ1v) is 5.76. The van der Waals surface area contributed by atoms with Crippen molar-refractivity contribution in [1.82, 2.24) is 9.97 Å². The Labute approximate surface area is 109 Å². The van der Waals surface area contributed by atoms with E-state index in [9.17, 15) is 4.79 Å². The van der Waals surface area contributed by atoms with Gasteiger partial charge in [-0.15, -0.1) is 0 Å². The van der Waals surface area contributed by atoms with E-state index in [2.05, 4.69) is 14.7 Å². The van der Waals surface area contributed by atoms with Crippen LogP contribution in [-0.4, -0.2) is 30.2 Å². The van der Waals surface area contributed by atoms with Crippen molar-refractivity contribution in [2.45, 2.75) is 0 Å². The molecular formula is C14H12N2O3. The van der Waals surface area contributed by atoms with E-state index in [1.165, 1.54) is 7.11 Å². The normalized spacial score (nSPS) is 10.8. The largest absolute Gasteiger partial charge is 0.497 e. The number of aromatic nitrogens is 2. The number of carbonyl (C=O) groups is 1. The third-order valence-electron chi connectivity index (χ3n) is 3.08. The maximum Gasteiger partial charge on any atom is 0.356 e. The van der Waals surface area contributed by atoms with Crippen LogP contribution in [0.15, 0.2) is 30.5 Å². The lowest BCUT2D eigenvalue weighted by Crippen LogP contribution is -2.03. The van der Waals surface area contributed by atoms with Gasteiger partial charge in [-0.3, -0.25) is 0 Å². The molecule has 0 saturated heterocycles. The van der Waals surface area contributed by atoms with Gasteiger partial charge in [0.25, 0.3) is 0 Å². The molecule has 3 aromatic rings. The van der Waals surface area contributed by atoms with E-state index in [1.54, 1.807) is 19.4 Å². The van der Waals surface area contributed by atoms with E-state index in [-0.39, 0.29) is 0 Å². The number of H-pyrrole nitrogens is 1. The van der Waals surface area contributed by atoms with Gasteiger partial charge >= 0.3 is 5.97 Å². The van der Waals surface area contributed by atoms with Gasteiger partial charge in [0.1, 0.15) is 11.4 Å². The molecule has 0 aliphatic rings. The molecule has 0 atom stereocenters. The number of benzene rings is 1. The van der Waals surface area contributed by atoms with E-state index in [4.69, 9.17) is 4.74 Å². The topological polar surface area (TPSA) is 64.2 Å². The van der Waals surface area contributed by atoms with Crippen molar-refractivity contribution in [3.8, 4) is 5.75 Å². The van der Waals surface area contributed by atoms with Crippen LogP contribution in [0.4, 0.5) is 0 Å². The lowest BCUT2D eigenvalue weighted by atomic mass is 10.1. The molecule has 1 aromatic carbocycles. The Bertz CT molecular complexity index is 777. The number of nitrogens with one attached hydrogen (secondary N) is 1. The summed E-state index contributed by atoms with van der Waals surface area (Å²) in [7, 11) is 2.97. The second kappa shape index (κ2) is 4.28. The van der Waals surface area contributed by atoms with Crippen LogP contribution in [0.25, 0.3) is 21.8 Å². The van der Waals surface area contributed by atoms with Gasteiger partial charge in [-0.2, -0.15) is 0 Å². The molecule has 96 valence electrons. The molecule has 2 aromatic heterocycles. The fourth-order valence-electron chi connectivity index (χ4n) is 2.13. The molecule has 0 bridgehead atoms. The molecule has 5 nitrogen and oxygen atoms in total. The van der Waals surface area contributed by atoms with Crippen LogP contribution >= 0.6 is 0 Å². The summed E-state index contributed by atoms with van der Waals surface area (Å²) in [4.78, 5) is 18.8. The molecule has 0 amide bonds. The van der Waals surface area contributed by atoms with Crippen molar-refractivity contribution >= 4 is 27.8 Å². The first-order chi connectivity index (χ1) is 9.22. The number of carbonyl (C=O) groups excluding carboxylic acids is 1. The Kier molecular flexibility index (Phi) is 2.59. The minimum atomic E-state index is -0.440. The molecule has 0 saturated carbocycles. The molecule has 5 heteroatoms. The zero-order chi connectivity index (χ0) is 13.4. The molecule has 1 N–H and O–H groups in total. The summed E-state index contributed by atoms with van der Waals surface area (Å²) < 4.78 is 9.87. The fourth-order valence-corrected chi connectivity index (χ4v) is 2.13. The molecule has 0 fully saturated rings. The predicted octanol–water partition coefficient (Wildman–Crippen LogP) is 2.51. The first kappa shape index (κ1) is 11.5. The van der Waals surface area contributed by atoms with Crippen LogP contribution < -0.4 is 4.74 Å². The molecule has 19 heavy (non-hydrogen) atoms. The van der Waals surface area contributed by atoms with Gasteiger partial charge in [0.15, 0.2) is 0 Å². The van der Waals surface area contributed by atoms with Crippen molar-refractivity contribution in [1.29, 1.82) is 0 Å². The number of rotatable bonds is 2. The summed E-state index contributed by atoms with van der Waals surface area (Å²) >= 11 is 0. The smallest absolute Gasteiger partial charge is 0.356 e. The van der Waals surface area contributed by atoms with Crippen LogP contribution in [0.5, 0.6) is 5.75 Å².